The van der Waals surface area contributed by atoms with Crippen molar-refractivity contribution in [1.29, 1.82) is 0 Å². The molecule has 0 aromatic heterocycles. The van der Waals surface area contributed by atoms with Gasteiger partial charge in [-0.15, -0.1) is 0 Å². The lowest BCUT2D eigenvalue weighted by Crippen LogP contribution is -2.09. The first-order chi connectivity index (χ1) is 12.3. The summed E-state index contributed by atoms with van der Waals surface area (Å²) >= 11 is 0. The number of anilines is 1. The monoisotopic (exact) mass is 373 g/mol. The van der Waals surface area contributed by atoms with E-state index < -0.39 is 10.1 Å². The standard InChI is InChI=1S/C20H23NO4S/c1-16-7-5-11-19(15-16)21-20(22)13-12-18(10-6-14-26(23,24)25)17-8-3-2-4-9-17/h2-5,7-9,11-13,15,18H,6,10,14H2,1H3,(H,21,22)(H,23,24,25). The number of amides is 1. The third-order valence-corrected chi connectivity index (χ3v) is 4.72. The highest BCUT2D eigenvalue weighted by atomic mass is 32.2. The van der Waals surface area contributed by atoms with Crippen LogP contribution in [0, 0.1) is 6.92 Å². The lowest BCUT2D eigenvalue weighted by atomic mass is 9.94. The number of hydrogen-bond donors (Lipinski definition) is 2. The summed E-state index contributed by atoms with van der Waals surface area (Å²) in [5.41, 5.74) is 2.77. The minimum atomic E-state index is -3.98. The van der Waals surface area contributed by atoms with Crippen molar-refractivity contribution in [3.63, 3.8) is 0 Å². The van der Waals surface area contributed by atoms with Crippen molar-refractivity contribution in [1.82, 2.24) is 0 Å². The second kappa shape index (κ2) is 9.31. The zero-order valence-electron chi connectivity index (χ0n) is 14.6. The van der Waals surface area contributed by atoms with Gasteiger partial charge in [-0.3, -0.25) is 9.35 Å². The average molecular weight is 373 g/mol. The quantitative estimate of drug-likeness (QED) is 0.542. The summed E-state index contributed by atoms with van der Waals surface area (Å²) in [6, 6.07) is 17.1. The minimum Gasteiger partial charge on any atom is -0.323 e. The van der Waals surface area contributed by atoms with Crippen LogP contribution in [0.25, 0.3) is 0 Å². The molecule has 0 saturated heterocycles. The van der Waals surface area contributed by atoms with Gasteiger partial charge in [-0.25, -0.2) is 0 Å². The largest absolute Gasteiger partial charge is 0.323 e. The number of nitrogens with one attached hydrogen (secondary N) is 1. The second-order valence-electron chi connectivity index (χ2n) is 6.16. The van der Waals surface area contributed by atoms with Crippen molar-refractivity contribution < 1.29 is 17.8 Å². The fraction of sp³-hybridized carbons (Fsp3) is 0.250. The topological polar surface area (TPSA) is 83.5 Å². The van der Waals surface area contributed by atoms with Crippen molar-refractivity contribution >= 4 is 21.7 Å². The molecule has 138 valence electrons. The molecule has 2 rings (SSSR count). The molecule has 1 amide bonds. The van der Waals surface area contributed by atoms with Gasteiger partial charge in [-0.05, 0) is 49.1 Å². The Morgan fingerprint density at radius 2 is 1.88 bits per heavy atom. The number of hydrogen-bond acceptors (Lipinski definition) is 3. The van der Waals surface area contributed by atoms with E-state index in [1.54, 1.807) is 6.08 Å². The fourth-order valence-corrected chi connectivity index (χ4v) is 3.20. The smallest absolute Gasteiger partial charge is 0.264 e. The Morgan fingerprint density at radius 3 is 2.54 bits per heavy atom. The van der Waals surface area contributed by atoms with Crippen LogP contribution in [-0.4, -0.2) is 24.6 Å². The SMILES string of the molecule is Cc1cccc(NC(=O)C=CC(CCCS(=O)(=O)O)c2ccccc2)c1. The molecular weight excluding hydrogens is 350 g/mol. The Bertz CT molecular complexity index is 860. The van der Waals surface area contributed by atoms with Crippen molar-refractivity contribution in [2.24, 2.45) is 0 Å². The summed E-state index contributed by atoms with van der Waals surface area (Å²) in [6.07, 6.45) is 4.05. The first-order valence-corrected chi connectivity index (χ1v) is 10.0. The minimum absolute atomic E-state index is 0.110. The van der Waals surface area contributed by atoms with Crippen LogP contribution in [0.4, 0.5) is 5.69 Å². The molecule has 2 aromatic rings. The number of rotatable bonds is 8. The van der Waals surface area contributed by atoms with Gasteiger partial charge in [0.25, 0.3) is 10.1 Å². The zero-order chi connectivity index (χ0) is 19.0. The number of allylic oxidation sites excluding steroid dienone is 1. The number of aryl methyl sites for hydroxylation is 1. The summed E-state index contributed by atoms with van der Waals surface area (Å²) < 4.78 is 30.7. The molecule has 2 N–H and O–H groups in total. The van der Waals surface area contributed by atoms with Crippen molar-refractivity contribution in [2.45, 2.75) is 25.7 Å². The third-order valence-electron chi connectivity index (χ3n) is 3.91. The molecule has 0 spiro atoms. The second-order valence-corrected chi connectivity index (χ2v) is 7.74. The molecule has 26 heavy (non-hydrogen) atoms. The number of carbonyl (C=O) groups excluding carboxylic acids is 1. The maximum atomic E-state index is 12.2. The lowest BCUT2D eigenvalue weighted by Gasteiger charge is -2.13. The highest BCUT2D eigenvalue weighted by molar-refractivity contribution is 7.85. The van der Waals surface area contributed by atoms with Gasteiger partial charge >= 0.3 is 0 Å². The molecule has 1 atom stereocenters. The predicted octanol–water partition coefficient (Wildman–Crippen LogP) is 3.94. The first-order valence-electron chi connectivity index (χ1n) is 8.39. The van der Waals surface area contributed by atoms with Gasteiger partial charge in [0.15, 0.2) is 0 Å². The van der Waals surface area contributed by atoms with Crippen LogP contribution in [0.2, 0.25) is 0 Å². The van der Waals surface area contributed by atoms with Crippen LogP contribution < -0.4 is 5.32 Å². The van der Waals surface area contributed by atoms with Crippen molar-refractivity contribution in [2.75, 3.05) is 11.1 Å². The third kappa shape index (κ3) is 7.21. The van der Waals surface area contributed by atoms with Crippen LogP contribution in [0.15, 0.2) is 66.7 Å². The van der Waals surface area contributed by atoms with Gasteiger partial charge in [0.1, 0.15) is 0 Å². The van der Waals surface area contributed by atoms with Gasteiger partial charge in [0.05, 0.1) is 5.75 Å². The summed E-state index contributed by atoms with van der Waals surface area (Å²) in [5.74, 6) is -0.646. The van der Waals surface area contributed by atoms with Gasteiger partial charge in [-0.2, -0.15) is 8.42 Å². The summed E-state index contributed by atoms with van der Waals surface area (Å²) in [7, 11) is -3.98. The van der Waals surface area contributed by atoms with Gasteiger partial charge in [-0.1, -0.05) is 48.5 Å². The van der Waals surface area contributed by atoms with E-state index in [1.165, 1.54) is 6.08 Å². The Labute approximate surface area is 154 Å². The van der Waals surface area contributed by atoms with Gasteiger partial charge in [0.2, 0.25) is 5.91 Å². The van der Waals surface area contributed by atoms with E-state index in [0.717, 1.165) is 16.8 Å². The molecule has 0 radical (unpaired) electrons. The van der Waals surface area contributed by atoms with E-state index in [4.69, 9.17) is 4.55 Å². The molecule has 1 unspecified atom stereocenters. The molecule has 5 nitrogen and oxygen atoms in total. The fourth-order valence-electron chi connectivity index (χ4n) is 2.67. The van der Waals surface area contributed by atoms with E-state index in [1.807, 2.05) is 61.5 Å². The molecule has 0 saturated carbocycles. The van der Waals surface area contributed by atoms with Gasteiger partial charge in [0, 0.05) is 11.6 Å². The molecular formula is C20H23NO4S. The van der Waals surface area contributed by atoms with Crippen LogP contribution in [0.3, 0.4) is 0 Å². The summed E-state index contributed by atoms with van der Waals surface area (Å²) in [6.45, 7) is 1.95. The predicted molar refractivity (Wildman–Crippen MR) is 104 cm³/mol. The van der Waals surface area contributed by atoms with E-state index >= 15 is 0 Å². The Hall–Kier alpha value is -2.44. The molecule has 6 heteroatoms. The lowest BCUT2D eigenvalue weighted by molar-refractivity contribution is -0.111. The van der Waals surface area contributed by atoms with E-state index in [-0.39, 0.29) is 17.6 Å². The number of benzene rings is 2. The molecule has 0 aliphatic rings. The molecule has 0 fully saturated rings. The van der Waals surface area contributed by atoms with Gasteiger partial charge < -0.3 is 5.32 Å². The Morgan fingerprint density at radius 1 is 1.15 bits per heavy atom. The molecule has 0 bridgehead atoms. The summed E-state index contributed by atoms with van der Waals surface area (Å²) in [5, 5.41) is 2.81. The van der Waals surface area contributed by atoms with E-state index in [2.05, 4.69) is 5.32 Å². The van der Waals surface area contributed by atoms with Crippen molar-refractivity contribution in [3.05, 3.63) is 77.9 Å². The van der Waals surface area contributed by atoms with Crippen LogP contribution in [0.1, 0.15) is 29.9 Å². The molecule has 2 aromatic carbocycles. The van der Waals surface area contributed by atoms with E-state index in [9.17, 15) is 13.2 Å². The number of carbonyl (C=O) groups is 1. The van der Waals surface area contributed by atoms with Crippen LogP contribution in [0.5, 0.6) is 0 Å². The maximum Gasteiger partial charge on any atom is 0.264 e. The van der Waals surface area contributed by atoms with E-state index in [0.29, 0.717) is 12.8 Å². The average Bonchev–Trinajstić information content (AvgIpc) is 2.57. The normalized spacial score (nSPS) is 12.8. The summed E-state index contributed by atoms with van der Waals surface area (Å²) in [4.78, 5) is 12.2. The molecule has 0 heterocycles. The van der Waals surface area contributed by atoms with Crippen LogP contribution >= 0.6 is 0 Å². The van der Waals surface area contributed by atoms with Crippen molar-refractivity contribution in [3.8, 4) is 0 Å². The highest BCUT2D eigenvalue weighted by Crippen LogP contribution is 2.23. The van der Waals surface area contributed by atoms with Crippen LogP contribution in [-0.2, 0) is 14.9 Å². The maximum absolute atomic E-state index is 12.2. The molecule has 0 aliphatic carbocycles. The zero-order valence-corrected chi connectivity index (χ0v) is 15.4. The Balaban J connectivity index is 2.04. The molecule has 0 aliphatic heterocycles. The Kier molecular flexibility index (Phi) is 7.12. The highest BCUT2D eigenvalue weighted by Gasteiger charge is 2.11. The first kappa shape index (κ1) is 19.9.